The van der Waals surface area contributed by atoms with Gasteiger partial charge in [0.15, 0.2) is 0 Å². The fourth-order valence-corrected chi connectivity index (χ4v) is 9.02. The molecule has 0 saturated heterocycles. The van der Waals surface area contributed by atoms with Crippen LogP contribution in [0.3, 0.4) is 0 Å². The van der Waals surface area contributed by atoms with Gasteiger partial charge in [0, 0.05) is 7.92 Å². The van der Waals surface area contributed by atoms with Gasteiger partial charge in [-0.25, -0.2) is 0 Å². The highest BCUT2D eigenvalue weighted by molar-refractivity contribution is 7.67. The summed E-state index contributed by atoms with van der Waals surface area (Å²) >= 11 is 0. The second kappa shape index (κ2) is 10.5. The Hall–Kier alpha value is -0.565. The summed E-state index contributed by atoms with van der Waals surface area (Å²) in [6, 6.07) is 9.92. The van der Waals surface area contributed by atoms with Gasteiger partial charge < -0.3 is 17.3 Å². The maximum absolute atomic E-state index is 9.75. The zero-order chi connectivity index (χ0) is 20.8. The lowest BCUT2D eigenvalue weighted by molar-refractivity contribution is 0.368. The number of hydrogen-bond donors (Lipinski definition) is 0. The summed E-state index contributed by atoms with van der Waals surface area (Å²) in [6.07, 6.45) is 15.0. The number of hydrogen-bond acceptors (Lipinski definition) is 0. The zero-order valence-corrected chi connectivity index (χ0v) is 18.6. The fraction of sp³-hybridized carbons (Fsp3) is 0.727. The first-order valence-corrected chi connectivity index (χ1v) is 12.6. The summed E-state index contributed by atoms with van der Waals surface area (Å²) in [5.41, 5.74) is 3.88. The Morgan fingerprint density at radius 2 is 1.07 bits per heavy atom. The molecule has 6 heteroatoms. The number of benzene rings is 1. The average molecular weight is 418 g/mol. The average Bonchev–Trinajstić information content (AvgIpc) is 2.62. The van der Waals surface area contributed by atoms with Crippen LogP contribution in [0.5, 0.6) is 0 Å². The molecule has 28 heavy (non-hydrogen) atoms. The van der Waals surface area contributed by atoms with Gasteiger partial charge in [0.25, 0.3) is 0 Å². The van der Waals surface area contributed by atoms with Crippen LogP contribution in [0, 0.1) is 0 Å². The van der Waals surface area contributed by atoms with Gasteiger partial charge >= 0.3 is 7.25 Å². The molecule has 0 N–H and O–H groups in total. The van der Waals surface area contributed by atoms with Crippen molar-refractivity contribution in [2.45, 2.75) is 102 Å². The molecule has 0 spiro atoms. The third-order valence-corrected chi connectivity index (χ3v) is 10.1. The molecule has 0 nitrogen and oxygen atoms in total. The Labute approximate surface area is 169 Å². The number of halogens is 4. The zero-order valence-electron chi connectivity index (χ0n) is 17.6. The minimum absolute atomic E-state index is 0.279. The van der Waals surface area contributed by atoms with Crippen molar-refractivity contribution in [3.63, 3.8) is 0 Å². The van der Waals surface area contributed by atoms with E-state index in [0.717, 1.165) is 11.3 Å². The van der Waals surface area contributed by atoms with E-state index in [1.165, 1.54) is 69.8 Å². The van der Waals surface area contributed by atoms with Crippen LogP contribution in [0.1, 0.15) is 90.5 Å². The Bertz CT molecular complexity index is 544. The molecular formula is C22H36BF4P. The van der Waals surface area contributed by atoms with E-state index in [4.69, 9.17) is 0 Å². The van der Waals surface area contributed by atoms with Gasteiger partial charge in [-0.2, -0.15) is 0 Å². The molecule has 0 bridgehead atoms. The Kier molecular flexibility index (Phi) is 8.86. The van der Waals surface area contributed by atoms with Crippen LogP contribution in [0.25, 0.3) is 0 Å². The van der Waals surface area contributed by atoms with Crippen LogP contribution in [0.2, 0.25) is 0 Å². The van der Waals surface area contributed by atoms with Gasteiger partial charge in [0.05, 0.1) is 16.6 Å². The SMILES string of the molecule is CC(C)(C)c1ccc([PH+](C2CCCCC2)C2CCCCC2)cc1.F[B-](F)(F)F. The van der Waals surface area contributed by atoms with Crippen molar-refractivity contribution in [1.82, 2.24) is 0 Å². The van der Waals surface area contributed by atoms with Gasteiger partial charge in [-0.3, -0.25) is 0 Å². The van der Waals surface area contributed by atoms with Gasteiger partial charge in [0.2, 0.25) is 0 Å². The molecular weight excluding hydrogens is 382 g/mol. The van der Waals surface area contributed by atoms with Gasteiger partial charge in [-0.05, 0) is 74.5 Å². The van der Waals surface area contributed by atoms with Crippen molar-refractivity contribution in [3.05, 3.63) is 29.8 Å². The van der Waals surface area contributed by atoms with E-state index in [-0.39, 0.29) is 13.3 Å². The smallest absolute Gasteiger partial charge is 0.418 e. The van der Waals surface area contributed by atoms with Crippen molar-refractivity contribution in [2.75, 3.05) is 0 Å². The predicted octanol–water partition coefficient (Wildman–Crippen LogP) is 7.79. The van der Waals surface area contributed by atoms with Crippen molar-refractivity contribution in [1.29, 1.82) is 0 Å². The van der Waals surface area contributed by atoms with E-state index in [0.29, 0.717) is 0 Å². The van der Waals surface area contributed by atoms with Crippen molar-refractivity contribution >= 4 is 20.5 Å². The molecule has 0 radical (unpaired) electrons. The Morgan fingerprint density at radius 1 is 0.714 bits per heavy atom. The minimum atomic E-state index is -6.00. The third kappa shape index (κ3) is 8.05. The standard InChI is InChI=1S/C22H35P.BF4/c1-22(2,3)18-14-16-21(17-15-18)23(19-10-6-4-7-11-19)20-12-8-5-9-13-20;2-1(3,4)5/h14-17,19-20H,4-13H2,1-3H3;/q;-1/p+1. The van der Waals surface area contributed by atoms with E-state index in [1.54, 1.807) is 5.30 Å². The van der Waals surface area contributed by atoms with Crippen LogP contribution < -0.4 is 5.30 Å². The van der Waals surface area contributed by atoms with Gasteiger partial charge in [-0.1, -0.05) is 45.7 Å². The summed E-state index contributed by atoms with van der Waals surface area (Å²) in [7, 11) is -6.38. The minimum Gasteiger partial charge on any atom is -0.418 e. The lowest BCUT2D eigenvalue weighted by atomic mass is 9.87. The molecule has 0 amide bonds. The van der Waals surface area contributed by atoms with Crippen molar-refractivity contribution < 1.29 is 17.3 Å². The highest BCUT2D eigenvalue weighted by atomic mass is 31.1. The summed E-state index contributed by atoms with van der Waals surface area (Å²) in [5, 5.41) is 1.75. The van der Waals surface area contributed by atoms with Crippen LogP contribution in [0.15, 0.2) is 24.3 Å². The van der Waals surface area contributed by atoms with Gasteiger partial charge in [0.1, 0.15) is 0 Å². The van der Waals surface area contributed by atoms with E-state index >= 15 is 0 Å². The predicted molar refractivity (Wildman–Crippen MR) is 117 cm³/mol. The monoisotopic (exact) mass is 418 g/mol. The number of rotatable bonds is 3. The van der Waals surface area contributed by atoms with Crippen LogP contribution in [-0.2, 0) is 5.41 Å². The summed E-state index contributed by atoms with van der Waals surface area (Å²) < 4.78 is 39.0. The maximum atomic E-state index is 9.75. The quantitative estimate of drug-likeness (QED) is 0.267. The molecule has 1 aromatic carbocycles. The largest absolute Gasteiger partial charge is 0.673 e. The highest BCUT2D eigenvalue weighted by Gasteiger charge is 2.39. The van der Waals surface area contributed by atoms with E-state index in [1.807, 2.05) is 0 Å². The lowest BCUT2D eigenvalue weighted by Gasteiger charge is -2.32. The Morgan fingerprint density at radius 3 is 1.39 bits per heavy atom. The van der Waals surface area contributed by atoms with Crippen LogP contribution in [-0.4, -0.2) is 18.6 Å². The van der Waals surface area contributed by atoms with Crippen LogP contribution >= 0.6 is 7.92 Å². The molecule has 1 aromatic rings. The molecule has 160 valence electrons. The molecule has 0 aliphatic heterocycles. The molecule has 0 aromatic heterocycles. The first-order valence-electron chi connectivity index (χ1n) is 10.9. The summed E-state index contributed by atoms with van der Waals surface area (Å²) in [6.45, 7) is 6.99. The summed E-state index contributed by atoms with van der Waals surface area (Å²) in [5.74, 6) is 0. The maximum Gasteiger partial charge on any atom is 0.673 e. The fourth-order valence-electron chi connectivity index (χ4n) is 4.79. The highest BCUT2D eigenvalue weighted by Crippen LogP contribution is 2.54. The third-order valence-electron chi connectivity index (χ3n) is 6.17. The van der Waals surface area contributed by atoms with E-state index in [2.05, 4.69) is 45.0 Å². The lowest BCUT2D eigenvalue weighted by Crippen LogP contribution is -2.26. The molecule has 0 atom stereocenters. The summed E-state index contributed by atoms with van der Waals surface area (Å²) in [4.78, 5) is 0. The first kappa shape index (κ1) is 23.7. The Balaban J connectivity index is 0.000000500. The van der Waals surface area contributed by atoms with Crippen molar-refractivity contribution in [3.8, 4) is 0 Å². The van der Waals surface area contributed by atoms with Crippen LogP contribution in [0.4, 0.5) is 17.3 Å². The molecule has 2 saturated carbocycles. The second-order valence-corrected chi connectivity index (χ2v) is 12.6. The first-order chi connectivity index (χ1) is 13.1. The van der Waals surface area contributed by atoms with E-state index in [9.17, 15) is 17.3 Å². The topological polar surface area (TPSA) is 0 Å². The molecule has 0 unspecified atom stereocenters. The van der Waals surface area contributed by atoms with E-state index < -0.39 is 7.25 Å². The van der Waals surface area contributed by atoms with Crippen molar-refractivity contribution in [2.24, 2.45) is 0 Å². The normalized spacial score (nSPS) is 20.0. The molecule has 0 heterocycles. The second-order valence-electron chi connectivity index (χ2n) is 9.45. The molecule has 2 fully saturated rings. The molecule has 2 aliphatic rings. The molecule has 3 rings (SSSR count). The van der Waals surface area contributed by atoms with Gasteiger partial charge in [-0.15, -0.1) is 0 Å². The molecule has 2 aliphatic carbocycles.